The standard InChI is InChI=1S/C63H80N6O6/c1-2-3-4-5-6-7-8-9-10-11-12-13-14-24-35-64-58(70)51-39-68(40-52(51)59(71)65-55-36-48(55)43-25-18-15-19-26-43)62(74)46-31-33-47(34-32-46)63(75)69-41-53(60(72)66-56-37-49(56)44-27-20-16-21-28-44)54(42-69)61(73)67-57-38-50(57)45-29-22-17-23-30-45/h15-23,25-34,48-57H,2-14,24,35-42H2,1H3,(H,64,70)(H,65,71)(H,66,72)(H,67,73)/t48-,49-,50+,51-,52-,53-,54-,55+,56+,57-/m1/s1. The predicted octanol–water partition coefficient (Wildman–Crippen LogP) is 9.68. The van der Waals surface area contributed by atoms with Gasteiger partial charge in [0.2, 0.25) is 23.6 Å². The lowest BCUT2D eigenvalue weighted by Gasteiger charge is -2.18. The third-order valence-corrected chi connectivity index (χ3v) is 16.8. The molecular formula is C63H80N6O6. The van der Waals surface area contributed by atoms with Crippen LogP contribution < -0.4 is 21.3 Å². The molecule has 0 radical (unpaired) electrons. The smallest absolute Gasteiger partial charge is 0.253 e. The van der Waals surface area contributed by atoms with E-state index >= 15 is 0 Å². The lowest BCUT2D eigenvalue weighted by Crippen LogP contribution is -2.43. The number of likely N-dealkylation sites (tertiary alicyclic amines) is 2. The Bertz CT molecular complexity index is 2470. The van der Waals surface area contributed by atoms with Crippen molar-refractivity contribution in [1.29, 1.82) is 0 Å². The first kappa shape index (κ1) is 53.5. The highest BCUT2D eigenvalue weighted by molar-refractivity contribution is 6.00. The molecule has 5 fully saturated rings. The number of hydrogen-bond acceptors (Lipinski definition) is 6. The Labute approximate surface area is 444 Å². The summed E-state index contributed by atoms with van der Waals surface area (Å²) in [5, 5.41) is 12.7. The van der Waals surface area contributed by atoms with Crippen LogP contribution in [0.25, 0.3) is 0 Å². The van der Waals surface area contributed by atoms with Gasteiger partial charge in [0.05, 0.1) is 23.7 Å². The summed E-state index contributed by atoms with van der Waals surface area (Å²) in [6.45, 7) is 3.18. The molecule has 0 aromatic heterocycles. The number of nitrogens with zero attached hydrogens (tertiary/aromatic N) is 2. The molecule has 0 unspecified atom stereocenters. The van der Waals surface area contributed by atoms with Crippen molar-refractivity contribution in [3.63, 3.8) is 0 Å². The van der Waals surface area contributed by atoms with Crippen LogP contribution in [-0.4, -0.2) is 96.1 Å². The van der Waals surface area contributed by atoms with Crippen LogP contribution >= 0.6 is 0 Å². The van der Waals surface area contributed by atoms with Crippen LogP contribution in [0.5, 0.6) is 0 Å². The van der Waals surface area contributed by atoms with Crippen molar-refractivity contribution in [3.8, 4) is 0 Å². The highest BCUT2D eigenvalue weighted by Crippen LogP contribution is 2.44. The minimum atomic E-state index is -0.727. The molecule has 9 rings (SSSR count). The third-order valence-electron chi connectivity index (χ3n) is 16.8. The molecule has 12 heteroatoms. The van der Waals surface area contributed by atoms with Crippen molar-refractivity contribution in [2.24, 2.45) is 23.7 Å². The largest absolute Gasteiger partial charge is 0.356 e. The fraction of sp³-hybridized carbons (Fsp3) is 0.524. The van der Waals surface area contributed by atoms with E-state index in [1.54, 1.807) is 34.1 Å². The Morgan fingerprint density at radius 3 is 1.00 bits per heavy atom. The van der Waals surface area contributed by atoms with E-state index in [9.17, 15) is 28.8 Å². The fourth-order valence-electron chi connectivity index (χ4n) is 11.9. The van der Waals surface area contributed by atoms with Gasteiger partial charge in [0.15, 0.2) is 0 Å². The summed E-state index contributed by atoms with van der Waals surface area (Å²) in [7, 11) is 0. The van der Waals surface area contributed by atoms with E-state index in [0.717, 1.165) is 38.5 Å². The normalized spacial score (nSPS) is 25.3. The number of amides is 6. The SMILES string of the molecule is CCCCCCCCCCCCCCCCNC(=O)[C@@H]1CN(C(=O)c2ccc(C(=O)N3C[C@@H](C(=O)N[C@H]4C[C@@H]4c4ccccc4)[C@H](C(=O)N[C@@H]4C[C@H]4c4ccccc4)C3)cc2)C[C@H]1C(=O)N[C@H]1C[C@@H]1c1ccccc1. The molecular weight excluding hydrogens is 937 g/mol. The second-order valence-electron chi connectivity index (χ2n) is 22.4. The first-order valence-electron chi connectivity index (χ1n) is 28.7. The molecule has 0 spiro atoms. The molecule has 75 heavy (non-hydrogen) atoms. The highest BCUT2D eigenvalue weighted by atomic mass is 16.2. The molecule has 3 saturated carbocycles. The predicted molar refractivity (Wildman–Crippen MR) is 293 cm³/mol. The number of unbranched alkanes of at least 4 members (excludes halogenated alkanes) is 13. The van der Waals surface area contributed by atoms with Gasteiger partial charge >= 0.3 is 0 Å². The van der Waals surface area contributed by atoms with Gasteiger partial charge in [-0.05, 0) is 66.6 Å². The van der Waals surface area contributed by atoms with E-state index in [2.05, 4.69) is 64.6 Å². The van der Waals surface area contributed by atoms with Crippen molar-refractivity contribution < 1.29 is 28.8 Å². The lowest BCUT2D eigenvalue weighted by atomic mass is 9.94. The monoisotopic (exact) mass is 1020 g/mol. The number of carbonyl (C=O) groups is 6. The van der Waals surface area contributed by atoms with Crippen LogP contribution in [0.1, 0.15) is 171 Å². The maximum Gasteiger partial charge on any atom is 0.253 e. The summed E-state index contributed by atoms with van der Waals surface area (Å²) in [6.07, 6.45) is 20.0. The maximum atomic E-state index is 14.2. The number of nitrogens with one attached hydrogen (secondary N) is 4. The van der Waals surface area contributed by atoms with Gasteiger partial charge in [-0.15, -0.1) is 0 Å². The topological polar surface area (TPSA) is 157 Å². The summed E-state index contributed by atoms with van der Waals surface area (Å²) >= 11 is 0. The van der Waals surface area contributed by atoms with Crippen LogP contribution in [0.2, 0.25) is 0 Å². The molecule has 398 valence electrons. The number of benzene rings is 4. The van der Waals surface area contributed by atoms with Gasteiger partial charge in [-0.25, -0.2) is 0 Å². The van der Waals surface area contributed by atoms with E-state index in [1.165, 1.54) is 87.3 Å². The molecule has 6 amide bonds. The Balaban J connectivity index is 0.788. The van der Waals surface area contributed by atoms with Crippen LogP contribution in [-0.2, 0) is 19.2 Å². The van der Waals surface area contributed by atoms with Crippen molar-refractivity contribution in [1.82, 2.24) is 31.1 Å². The van der Waals surface area contributed by atoms with Crippen LogP contribution in [0.3, 0.4) is 0 Å². The van der Waals surface area contributed by atoms with E-state index in [1.807, 2.05) is 54.6 Å². The van der Waals surface area contributed by atoms with Gasteiger partial charge in [0.25, 0.3) is 11.8 Å². The molecule has 2 aliphatic heterocycles. The van der Waals surface area contributed by atoms with E-state index < -0.39 is 23.7 Å². The van der Waals surface area contributed by atoms with E-state index in [4.69, 9.17) is 0 Å². The van der Waals surface area contributed by atoms with Crippen molar-refractivity contribution in [2.45, 2.75) is 152 Å². The third kappa shape index (κ3) is 14.4. The van der Waals surface area contributed by atoms with Crippen molar-refractivity contribution >= 4 is 35.4 Å². The second-order valence-corrected chi connectivity index (χ2v) is 22.4. The maximum absolute atomic E-state index is 14.2. The summed E-state index contributed by atoms with van der Waals surface area (Å²) in [4.78, 5) is 87.6. The summed E-state index contributed by atoms with van der Waals surface area (Å²) in [6, 6.07) is 36.7. The van der Waals surface area contributed by atoms with Gasteiger partial charge in [-0.3, -0.25) is 28.8 Å². The first-order valence-corrected chi connectivity index (χ1v) is 28.7. The van der Waals surface area contributed by atoms with Crippen LogP contribution in [0.15, 0.2) is 115 Å². The molecule has 4 aromatic rings. The van der Waals surface area contributed by atoms with Gasteiger partial charge in [0, 0.05) is 79.7 Å². The van der Waals surface area contributed by atoms with Crippen molar-refractivity contribution in [2.75, 3.05) is 32.7 Å². The van der Waals surface area contributed by atoms with Gasteiger partial charge in [-0.1, -0.05) is 181 Å². The molecule has 10 atom stereocenters. The van der Waals surface area contributed by atoms with E-state index in [0.29, 0.717) is 17.7 Å². The zero-order valence-corrected chi connectivity index (χ0v) is 44.1. The van der Waals surface area contributed by atoms with Gasteiger partial charge in [0.1, 0.15) is 0 Å². The molecule has 2 saturated heterocycles. The Hall–Kier alpha value is -6.30. The zero-order valence-electron chi connectivity index (χ0n) is 44.1. The molecule has 12 nitrogen and oxygen atoms in total. The molecule has 3 aliphatic carbocycles. The summed E-state index contributed by atoms with van der Waals surface area (Å²) in [5.74, 6) is -3.72. The Kier molecular flexibility index (Phi) is 18.5. The second kappa shape index (κ2) is 26.0. The highest BCUT2D eigenvalue weighted by Gasteiger charge is 2.50. The zero-order chi connectivity index (χ0) is 52.1. The molecule has 5 aliphatic rings. The average Bonchev–Trinajstić information content (AvgIpc) is 4.42. The summed E-state index contributed by atoms with van der Waals surface area (Å²) in [5.41, 5.74) is 4.18. The van der Waals surface area contributed by atoms with E-state index in [-0.39, 0.29) is 97.5 Å². The molecule has 4 N–H and O–H groups in total. The summed E-state index contributed by atoms with van der Waals surface area (Å²) < 4.78 is 0. The first-order chi connectivity index (χ1) is 36.7. The Morgan fingerprint density at radius 1 is 0.387 bits per heavy atom. The number of carbonyl (C=O) groups excluding carboxylic acids is 6. The molecule has 2 heterocycles. The fourth-order valence-corrected chi connectivity index (χ4v) is 11.9. The quantitative estimate of drug-likeness (QED) is 0.0436. The van der Waals surface area contributed by atoms with Gasteiger partial charge < -0.3 is 31.1 Å². The molecule has 0 bridgehead atoms. The number of rotatable bonds is 27. The molecule has 4 aromatic carbocycles. The Morgan fingerprint density at radius 2 is 0.680 bits per heavy atom. The average molecular weight is 1020 g/mol. The number of hydrogen-bond donors (Lipinski definition) is 4. The van der Waals surface area contributed by atoms with Gasteiger partial charge in [-0.2, -0.15) is 0 Å². The minimum Gasteiger partial charge on any atom is -0.356 e. The van der Waals surface area contributed by atoms with Crippen molar-refractivity contribution in [3.05, 3.63) is 143 Å². The minimum absolute atomic E-state index is 0.0192. The van der Waals surface area contributed by atoms with Crippen LogP contribution in [0, 0.1) is 23.7 Å². The van der Waals surface area contributed by atoms with Crippen LogP contribution in [0.4, 0.5) is 0 Å². The lowest BCUT2D eigenvalue weighted by molar-refractivity contribution is -0.133.